The van der Waals surface area contributed by atoms with Crippen molar-refractivity contribution in [1.82, 2.24) is 5.32 Å². The van der Waals surface area contributed by atoms with Gasteiger partial charge in [0.1, 0.15) is 5.75 Å². The number of amides is 1. The first-order chi connectivity index (χ1) is 9.03. The summed E-state index contributed by atoms with van der Waals surface area (Å²) in [7, 11) is -2.27. The molecule has 1 aliphatic rings. The summed E-state index contributed by atoms with van der Waals surface area (Å²) in [5.74, 6) is -0.206. The van der Waals surface area contributed by atoms with Crippen LogP contribution in [0.4, 0.5) is 0 Å². The summed E-state index contributed by atoms with van der Waals surface area (Å²) in [5, 5.41) is 2.29. The van der Waals surface area contributed by atoms with Crippen LogP contribution in [-0.2, 0) is 14.6 Å². The Balaban J connectivity index is 2.31. The third kappa shape index (κ3) is 3.17. The third-order valence-corrected chi connectivity index (χ3v) is 4.29. The minimum absolute atomic E-state index is 0.0559. The van der Waals surface area contributed by atoms with Crippen molar-refractivity contribution in [1.29, 1.82) is 0 Å². The summed E-state index contributed by atoms with van der Waals surface area (Å²) >= 11 is 0. The Hall–Kier alpha value is -1.76. The molecular formula is C12H15NO5S. The Kier molecular flexibility index (Phi) is 3.94. The van der Waals surface area contributed by atoms with Crippen molar-refractivity contribution < 1.29 is 22.7 Å². The van der Waals surface area contributed by atoms with Crippen LogP contribution in [0, 0.1) is 0 Å². The smallest absolute Gasteiger partial charge is 0.235 e. The monoisotopic (exact) mass is 285 g/mol. The lowest BCUT2D eigenvalue weighted by Crippen LogP contribution is -2.27. The second-order valence-corrected chi connectivity index (χ2v) is 6.08. The maximum absolute atomic E-state index is 12.0. The van der Waals surface area contributed by atoms with E-state index >= 15 is 0 Å². The number of carbonyl (C=O) groups excluding carboxylic acids is 1. The Labute approximate surface area is 111 Å². The lowest BCUT2D eigenvalue weighted by molar-refractivity contribution is -0.118. The van der Waals surface area contributed by atoms with Crippen LogP contribution >= 0.6 is 0 Å². The highest BCUT2D eigenvalue weighted by molar-refractivity contribution is 7.92. The fourth-order valence-corrected chi connectivity index (χ4v) is 2.88. The zero-order valence-corrected chi connectivity index (χ0v) is 11.3. The highest BCUT2D eigenvalue weighted by atomic mass is 32.2. The first kappa shape index (κ1) is 13.7. The Morgan fingerprint density at radius 2 is 1.95 bits per heavy atom. The van der Waals surface area contributed by atoms with Gasteiger partial charge in [-0.2, -0.15) is 0 Å². The van der Waals surface area contributed by atoms with Crippen LogP contribution in [0.2, 0.25) is 0 Å². The zero-order chi connectivity index (χ0) is 13.9. The number of carbonyl (C=O) groups is 1. The topological polar surface area (TPSA) is 81.7 Å². The van der Waals surface area contributed by atoms with Gasteiger partial charge >= 0.3 is 0 Å². The molecule has 104 valence electrons. The second kappa shape index (κ2) is 5.48. The molecule has 0 saturated carbocycles. The van der Waals surface area contributed by atoms with E-state index in [-0.39, 0.29) is 4.90 Å². The van der Waals surface area contributed by atoms with Gasteiger partial charge in [-0.1, -0.05) is 0 Å². The summed E-state index contributed by atoms with van der Waals surface area (Å²) in [5.41, 5.74) is 0. The number of ether oxygens (including phenoxy) is 2. The Morgan fingerprint density at radius 3 is 2.63 bits per heavy atom. The summed E-state index contributed by atoms with van der Waals surface area (Å²) in [6.07, 6.45) is 0.745. The fraction of sp³-hybridized carbons (Fsp3) is 0.417. The number of nitrogens with one attached hydrogen (secondary N) is 1. The van der Waals surface area contributed by atoms with Gasteiger partial charge in [-0.3, -0.25) is 4.79 Å². The van der Waals surface area contributed by atoms with Crippen molar-refractivity contribution in [2.75, 3.05) is 26.0 Å². The van der Waals surface area contributed by atoms with Crippen LogP contribution in [0.25, 0.3) is 0 Å². The van der Waals surface area contributed by atoms with E-state index in [9.17, 15) is 13.2 Å². The molecule has 0 bridgehead atoms. The Morgan fingerprint density at radius 1 is 1.26 bits per heavy atom. The van der Waals surface area contributed by atoms with E-state index in [2.05, 4.69) is 5.32 Å². The van der Waals surface area contributed by atoms with Crippen LogP contribution in [0.3, 0.4) is 0 Å². The van der Waals surface area contributed by atoms with Crippen molar-refractivity contribution in [3.63, 3.8) is 0 Å². The molecule has 19 heavy (non-hydrogen) atoms. The van der Waals surface area contributed by atoms with Crippen molar-refractivity contribution in [2.24, 2.45) is 0 Å². The SMILES string of the molecule is CNC(=O)CS(=O)(=O)c1ccc2c(c1)OCCCO2. The van der Waals surface area contributed by atoms with E-state index in [4.69, 9.17) is 9.47 Å². The molecule has 1 aliphatic heterocycles. The van der Waals surface area contributed by atoms with E-state index in [1.165, 1.54) is 19.2 Å². The predicted molar refractivity (Wildman–Crippen MR) is 68.2 cm³/mol. The molecule has 1 aromatic rings. The molecule has 0 atom stereocenters. The first-order valence-electron chi connectivity index (χ1n) is 5.86. The van der Waals surface area contributed by atoms with Crippen LogP contribution in [-0.4, -0.2) is 40.3 Å². The summed E-state index contributed by atoms with van der Waals surface area (Å²) < 4.78 is 34.9. The lowest BCUT2D eigenvalue weighted by atomic mass is 10.3. The van der Waals surface area contributed by atoms with Gasteiger partial charge in [0.2, 0.25) is 5.91 Å². The first-order valence-corrected chi connectivity index (χ1v) is 7.51. The van der Waals surface area contributed by atoms with Gasteiger partial charge in [0.25, 0.3) is 0 Å². The van der Waals surface area contributed by atoms with Crippen molar-refractivity contribution in [2.45, 2.75) is 11.3 Å². The normalized spacial score (nSPS) is 14.6. The molecule has 1 amide bonds. The standard InChI is InChI=1S/C12H15NO5S/c1-13-12(14)8-19(15,16)9-3-4-10-11(7-9)18-6-2-5-17-10/h3-4,7H,2,5-6,8H2,1H3,(H,13,14). The number of sulfone groups is 1. The van der Waals surface area contributed by atoms with Crippen LogP contribution < -0.4 is 14.8 Å². The molecule has 1 N–H and O–H groups in total. The summed E-state index contributed by atoms with van der Waals surface area (Å²) in [4.78, 5) is 11.3. The van der Waals surface area contributed by atoms with Gasteiger partial charge in [-0.05, 0) is 12.1 Å². The molecule has 0 aromatic heterocycles. The van der Waals surface area contributed by atoms with Crippen molar-refractivity contribution in [3.8, 4) is 11.5 Å². The molecule has 0 radical (unpaired) electrons. The second-order valence-electron chi connectivity index (χ2n) is 4.09. The maximum Gasteiger partial charge on any atom is 0.235 e. The molecule has 0 unspecified atom stereocenters. The average Bonchev–Trinajstić information content (AvgIpc) is 2.62. The van der Waals surface area contributed by atoms with Crippen LogP contribution in [0.1, 0.15) is 6.42 Å². The molecule has 6 nitrogen and oxygen atoms in total. The van der Waals surface area contributed by atoms with Crippen LogP contribution in [0.15, 0.2) is 23.1 Å². The minimum Gasteiger partial charge on any atom is -0.490 e. The molecule has 0 aliphatic carbocycles. The summed E-state index contributed by atoms with van der Waals surface area (Å²) in [6.45, 7) is 1.02. The molecule has 7 heteroatoms. The number of hydrogen-bond donors (Lipinski definition) is 1. The van der Waals surface area contributed by atoms with E-state index < -0.39 is 21.5 Å². The molecule has 2 rings (SSSR count). The zero-order valence-electron chi connectivity index (χ0n) is 10.5. The lowest BCUT2D eigenvalue weighted by Gasteiger charge is -2.09. The van der Waals surface area contributed by atoms with Gasteiger partial charge in [-0.25, -0.2) is 8.42 Å². The van der Waals surface area contributed by atoms with Gasteiger partial charge in [0.05, 0.1) is 18.1 Å². The highest BCUT2D eigenvalue weighted by Crippen LogP contribution is 2.32. The molecule has 0 saturated heterocycles. The van der Waals surface area contributed by atoms with Gasteiger partial charge < -0.3 is 14.8 Å². The third-order valence-electron chi connectivity index (χ3n) is 2.68. The highest BCUT2D eigenvalue weighted by Gasteiger charge is 2.21. The minimum atomic E-state index is -3.66. The van der Waals surface area contributed by atoms with Crippen LogP contribution in [0.5, 0.6) is 11.5 Å². The number of hydrogen-bond acceptors (Lipinski definition) is 5. The van der Waals surface area contributed by atoms with E-state index in [0.29, 0.717) is 24.7 Å². The number of rotatable bonds is 3. The van der Waals surface area contributed by atoms with Gasteiger partial charge in [0.15, 0.2) is 21.3 Å². The molecule has 0 spiro atoms. The molecule has 1 aromatic carbocycles. The summed E-state index contributed by atoms with van der Waals surface area (Å²) in [6, 6.07) is 4.38. The average molecular weight is 285 g/mol. The number of fused-ring (bicyclic) bond motifs is 1. The fourth-order valence-electron chi connectivity index (χ4n) is 1.67. The maximum atomic E-state index is 12.0. The van der Waals surface area contributed by atoms with E-state index in [0.717, 1.165) is 6.42 Å². The quantitative estimate of drug-likeness (QED) is 0.867. The van der Waals surface area contributed by atoms with E-state index in [1.807, 2.05) is 0 Å². The Bertz CT molecular complexity index is 582. The largest absolute Gasteiger partial charge is 0.490 e. The van der Waals surface area contributed by atoms with Gasteiger partial charge in [-0.15, -0.1) is 0 Å². The van der Waals surface area contributed by atoms with E-state index in [1.54, 1.807) is 6.07 Å². The molecule has 1 heterocycles. The predicted octanol–water partition coefficient (Wildman–Crippen LogP) is 0.368. The number of benzene rings is 1. The molecule has 0 fully saturated rings. The van der Waals surface area contributed by atoms with Crippen molar-refractivity contribution >= 4 is 15.7 Å². The van der Waals surface area contributed by atoms with Crippen molar-refractivity contribution in [3.05, 3.63) is 18.2 Å². The molecular weight excluding hydrogens is 270 g/mol. The van der Waals surface area contributed by atoms with Gasteiger partial charge in [0, 0.05) is 19.5 Å².